The first-order chi connectivity index (χ1) is 7.06. The minimum atomic E-state index is -1.18. The van der Waals surface area contributed by atoms with E-state index in [0.717, 1.165) is 0 Å². The van der Waals surface area contributed by atoms with Crippen molar-refractivity contribution in [3.63, 3.8) is 0 Å². The second-order valence-corrected chi connectivity index (χ2v) is 2.82. The highest BCUT2D eigenvalue weighted by Gasteiger charge is 2.19. The number of carboxylic acid groups (broad SMARTS) is 1. The first kappa shape index (κ1) is 11.1. The fourth-order valence-electron chi connectivity index (χ4n) is 1.03. The summed E-state index contributed by atoms with van der Waals surface area (Å²) in [6.45, 7) is 0. The number of nitrogens with one attached hydrogen (secondary N) is 2. The largest absolute Gasteiger partial charge is 0.480 e. The van der Waals surface area contributed by atoms with Crippen LogP contribution >= 0.6 is 0 Å². The van der Waals surface area contributed by atoms with E-state index in [-0.39, 0.29) is 17.8 Å². The molecule has 82 valence electrons. The van der Waals surface area contributed by atoms with E-state index >= 15 is 0 Å². The van der Waals surface area contributed by atoms with E-state index in [1.165, 1.54) is 11.8 Å². The number of imidazole rings is 1. The molecule has 1 heterocycles. The van der Waals surface area contributed by atoms with Gasteiger partial charge in [0.15, 0.2) is 5.69 Å². The number of aromatic nitrogens is 2. The van der Waals surface area contributed by atoms with Crippen LogP contribution in [0.4, 0.5) is 0 Å². The SMILES string of the molecule is N[C@@H](Cc1[nH]cnc1C(=O)NO)C(=O)O. The number of nitrogens with zero attached hydrogens (tertiary/aromatic N) is 1. The molecule has 8 nitrogen and oxygen atoms in total. The fraction of sp³-hybridized carbons (Fsp3) is 0.286. The molecule has 8 heteroatoms. The van der Waals surface area contributed by atoms with Crippen molar-refractivity contribution in [2.24, 2.45) is 5.73 Å². The molecule has 1 aromatic heterocycles. The number of hydroxylamine groups is 1. The monoisotopic (exact) mass is 214 g/mol. The standard InChI is InChI=1S/C7H10N4O4/c8-3(7(13)14)1-4-5(6(12)11-15)10-2-9-4/h2-3,15H,1,8H2,(H,9,10)(H,11,12)(H,13,14)/t3-/m0/s1. The zero-order valence-corrected chi connectivity index (χ0v) is 7.60. The maximum absolute atomic E-state index is 11.0. The Morgan fingerprint density at radius 1 is 1.67 bits per heavy atom. The van der Waals surface area contributed by atoms with Crippen molar-refractivity contribution in [3.8, 4) is 0 Å². The molecule has 1 amide bonds. The Kier molecular flexibility index (Phi) is 3.37. The van der Waals surface area contributed by atoms with Gasteiger partial charge in [0.25, 0.3) is 5.91 Å². The molecule has 0 radical (unpaired) electrons. The van der Waals surface area contributed by atoms with Crippen molar-refractivity contribution in [1.82, 2.24) is 15.4 Å². The van der Waals surface area contributed by atoms with Crippen molar-refractivity contribution in [2.45, 2.75) is 12.5 Å². The molecule has 0 fully saturated rings. The van der Waals surface area contributed by atoms with Gasteiger partial charge >= 0.3 is 5.97 Å². The number of aromatic amines is 1. The number of aliphatic carboxylic acids is 1. The van der Waals surface area contributed by atoms with Crippen LogP contribution in [0.5, 0.6) is 0 Å². The second kappa shape index (κ2) is 4.53. The molecule has 15 heavy (non-hydrogen) atoms. The number of carboxylic acids is 1. The number of carbonyl (C=O) groups excluding carboxylic acids is 1. The van der Waals surface area contributed by atoms with Crippen molar-refractivity contribution in [2.75, 3.05) is 0 Å². The van der Waals surface area contributed by atoms with Crippen LogP contribution in [0.3, 0.4) is 0 Å². The summed E-state index contributed by atoms with van der Waals surface area (Å²) in [6, 6.07) is -1.13. The number of rotatable bonds is 4. The lowest BCUT2D eigenvalue weighted by Gasteiger charge is -2.05. The molecule has 0 spiro atoms. The van der Waals surface area contributed by atoms with Gasteiger partial charge < -0.3 is 15.8 Å². The molecule has 0 aliphatic carbocycles. The van der Waals surface area contributed by atoms with Gasteiger partial charge in [0, 0.05) is 12.1 Å². The lowest BCUT2D eigenvalue weighted by Crippen LogP contribution is -2.33. The second-order valence-electron chi connectivity index (χ2n) is 2.82. The highest BCUT2D eigenvalue weighted by Crippen LogP contribution is 2.05. The molecular formula is C7H10N4O4. The topological polar surface area (TPSA) is 141 Å². The van der Waals surface area contributed by atoms with Gasteiger partial charge in [-0.1, -0.05) is 0 Å². The van der Waals surface area contributed by atoms with Gasteiger partial charge in [0.05, 0.1) is 6.33 Å². The van der Waals surface area contributed by atoms with Crippen LogP contribution in [0, 0.1) is 0 Å². The van der Waals surface area contributed by atoms with E-state index in [1.54, 1.807) is 0 Å². The summed E-state index contributed by atoms with van der Waals surface area (Å²) in [7, 11) is 0. The predicted molar refractivity (Wildman–Crippen MR) is 47.2 cm³/mol. The Morgan fingerprint density at radius 3 is 2.87 bits per heavy atom. The van der Waals surface area contributed by atoms with Gasteiger partial charge in [-0.05, 0) is 0 Å². The molecule has 0 aliphatic rings. The molecule has 0 unspecified atom stereocenters. The quantitative estimate of drug-likeness (QED) is 0.304. The Morgan fingerprint density at radius 2 is 2.33 bits per heavy atom. The zero-order valence-electron chi connectivity index (χ0n) is 7.60. The van der Waals surface area contributed by atoms with Crippen molar-refractivity contribution >= 4 is 11.9 Å². The summed E-state index contributed by atoms with van der Waals surface area (Å²) >= 11 is 0. The third-order valence-corrected chi connectivity index (χ3v) is 1.78. The summed E-state index contributed by atoms with van der Waals surface area (Å²) in [5, 5.41) is 16.9. The molecule has 1 atom stereocenters. The van der Waals surface area contributed by atoms with Crippen LogP contribution in [-0.4, -0.2) is 38.2 Å². The van der Waals surface area contributed by atoms with E-state index in [0.29, 0.717) is 0 Å². The maximum atomic E-state index is 11.0. The molecule has 6 N–H and O–H groups in total. The van der Waals surface area contributed by atoms with E-state index in [4.69, 9.17) is 16.0 Å². The number of hydrogen-bond acceptors (Lipinski definition) is 5. The maximum Gasteiger partial charge on any atom is 0.320 e. The van der Waals surface area contributed by atoms with Crippen molar-refractivity contribution in [1.29, 1.82) is 0 Å². The molecule has 0 bridgehead atoms. The van der Waals surface area contributed by atoms with Crippen molar-refractivity contribution in [3.05, 3.63) is 17.7 Å². The Labute approximate surface area is 84.1 Å². The molecule has 0 aliphatic heterocycles. The van der Waals surface area contributed by atoms with Crippen LogP contribution < -0.4 is 11.2 Å². The van der Waals surface area contributed by atoms with Crippen LogP contribution in [0.2, 0.25) is 0 Å². The smallest absolute Gasteiger partial charge is 0.320 e. The van der Waals surface area contributed by atoms with E-state index in [2.05, 4.69) is 9.97 Å². The molecule has 0 aromatic carbocycles. The Balaban J connectivity index is 2.82. The van der Waals surface area contributed by atoms with Gasteiger partial charge in [-0.2, -0.15) is 0 Å². The van der Waals surface area contributed by atoms with Gasteiger partial charge in [-0.15, -0.1) is 0 Å². The van der Waals surface area contributed by atoms with Crippen molar-refractivity contribution < 1.29 is 19.9 Å². The van der Waals surface area contributed by atoms with Crippen LogP contribution in [0.25, 0.3) is 0 Å². The lowest BCUT2D eigenvalue weighted by molar-refractivity contribution is -0.138. The molecule has 1 rings (SSSR count). The highest BCUT2D eigenvalue weighted by molar-refractivity contribution is 5.92. The van der Waals surface area contributed by atoms with E-state index < -0.39 is 17.9 Å². The average molecular weight is 214 g/mol. The lowest BCUT2D eigenvalue weighted by atomic mass is 10.1. The molecular weight excluding hydrogens is 204 g/mol. The number of H-pyrrole nitrogens is 1. The zero-order chi connectivity index (χ0) is 11.4. The van der Waals surface area contributed by atoms with Gasteiger partial charge in [0.1, 0.15) is 6.04 Å². The summed E-state index contributed by atoms with van der Waals surface area (Å²) in [5.41, 5.74) is 6.86. The van der Waals surface area contributed by atoms with Crippen LogP contribution in [-0.2, 0) is 11.2 Å². The van der Waals surface area contributed by atoms with Gasteiger partial charge in [-0.25, -0.2) is 10.5 Å². The number of amides is 1. The van der Waals surface area contributed by atoms with Crippen LogP contribution in [0.15, 0.2) is 6.33 Å². The molecule has 1 aromatic rings. The minimum Gasteiger partial charge on any atom is -0.480 e. The first-order valence-corrected chi connectivity index (χ1v) is 4.01. The Hall–Kier alpha value is -1.93. The minimum absolute atomic E-state index is 0.0713. The third-order valence-electron chi connectivity index (χ3n) is 1.78. The third kappa shape index (κ3) is 2.51. The highest BCUT2D eigenvalue weighted by atomic mass is 16.5. The van der Waals surface area contributed by atoms with Gasteiger partial charge in [-0.3, -0.25) is 14.8 Å². The fourth-order valence-corrected chi connectivity index (χ4v) is 1.03. The molecule has 0 saturated heterocycles. The predicted octanol–water partition coefficient (Wildman–Crippen LogP) is -1.52. The van der Waals surface area contributed by atoms with Crippen LogP contribution in [0.1, 0.15) is 16.2 Å². The number of hydrogen-bond donors (Lipinski definition) is 5. The Bertz CT molecular complexity index is 375. The summed E-state index contributed by atoms with van der Waals surface area (Å²) in [5.74, 6) is -2.00. The number of carbonyl (C=O) groups is 2. The normalized spacial score (nSPS) is 12.1. The van der Waals surface area contributed by atoms with E-state index in [1.807, 2.05) is 0 Å². The summed E-state index contributed by atoms with van der Waals surface area (Å²) < 4.78 is 0. The van der Waals surface area contributed by atoms with Gasteiger partial charge in [0.2, 0.25) is 0 Å². The summed E-state index contributed by atoms with van der Waals surface area (Å²) in [4.78, 5) is 27.7. The average Bonchev–Trinajstić information content (AvgIpc) is 2.64. The number of nitrogens with two attached hydrogens (primary N) is 1. The summed E-state index contributed by atoms with van der Waals surface area (Å²) in [6.07, 6.45) is 1.15. The van der Waals surface area contributed by atoms with E-state index in [9.17, 15) is 9.59 Å². The first-order valence-electron chi connectivity index (χ1n) is 4.01. The molecule has 0 saturated carbocycles.